The van der Waals surface area contributed by atoms with Gasteiger partial charge in [-0.05, 0) is 50.1 Å². The minimum absolute atomic E-state index is 0.0523. The number of benzene rings is 1. The molecule has 1 aromatic carbocycles. The Morgan fingerprint density at radius 1 is 1.12 bits per heavy atom. The number of carbonyl (C=O) groups is 1. The highest BCUT2D eigenvalue weighted by molar-refractivity contribution is 5.92. The molecule has 5 heteroatoms. The van der Waals surface area contributed by atoms with Crippen molar-refractivity contribution in [2.24, 2.45) is 0 Å². The van der Waals surface area contributed by atoms with Gasteiger partial charge < -0.3 is 9.32 Å². The lowest BCUT2D eigenvalue weighted by Crippen LogP contribution is -2.25. The van der Waals surface area contributed by atoms with Crippen molar-refractivity contribution in [2.75, 3.05) is 13.1 Å². The topological polar surface area (TPSA) is 51.3 Å². The highest BCUT2D eigenvalue weighted by Crippen LogP contribution is 2.26. The summed E-state index contributed by atoms with van der Waals surface area (Å²) in [6.07, 6.45) is 7.57. The van der Waals surface area contributed by atoms with Gasteiger partial charge in [0, 0.05) is 30.9 Å². The van der Waals surface area contributed by atoms with Gasteiger partial charge in [0.2, 0.25) is 5.91 Å². The Morgan fingerprint density at radius 2 is 1.88 bits per heavy atom. The van der Waals surface area contributed by atoms with Crippen LogP contribution in [-0.2, 0) is 4.79 Å². The van der Waals surface area contributed by atoms with Gasteiger partial charge >= 0.3 is 0 Å². The largest absolute Gasteiger partial charge is 0.460 e. The number of aromatic nitrogens is 2. The fraction of sp³-hybridized carbons (Fsp3) is 0.238. The van der Waals surface area contributed by atoms with Crippen LogP contribution in [0.2, 0.25) is 0 Å². The molecule has 0 saturated carbocycles. The molecule has 26 heavy (non-hydrogen) atoms. The monoisotopic (exact) mass is 347 g/mol. The summed E-state index contributed by atoms with van der Waals surface area (Å²) in [6, 6.07) is 13.7. The van der Waals surface area contributed by atoms with Crippen molar-refractivity contribution in [1.82, 2.24) is 14.7 Å². The zero-order valence-electron chi connectivity index (χ0n) is 14.8. The van der Waals surface area contributed by atoms with Gasteiger partial charge in [0.15, 0.2) is 5.76 Å². The maximum Gasteiger partial charge on any atom is 0.246 e. The van der Waals surface area contributed by atoms with E-state index in [0.29, 0.717) is 5.76 Å². The van der Waals surface area contributed by atoms with Crippen LogP contribution in [0.15, 0.2) is 59.2 Å². The molecule has 4 rings (SSSR count). The Kier molecular flexibility index (Phi) is 4.44. The van der Waals surface area contributed by atoms with Crippen LogP contribution in [0.25, 0.3) is 23.2 Å². The number of hydrogen-bond acceptors (Lipinski definition) is 3. The van der Waals surface area contributed by atoms with Crippen LogP contribution in [-0.4, -0.2) is 33.7 Å². The summed E-state index contributed by atoms with van der Waals surface area (Å²) in [5.41, 5.74) is 2.55. The Labute approximate surface area is 152 Å². The summed E-state index contributed by atoms with van der Waals surface area (Å²) >= 11 is 0. The molecule has 1 fully saturated rings. The van der Waals surface area contributed by atoms with Gasteiger partial charge in [0.05, 0.1) is 5.69 Å². The molecule has 1 amide bonds. The van der Waals surface area contributed by atoms with E-state index < -0.39 is 0 Å². The van der Waals surface area contributed by atoms with E-state index in [0.717, 1.165) is 48.6 Å². The molecule has 1 aliphatic rings. The van der Waals surface area contributed by atoms with Gasteiger partial charge in [-0.3, -0.25) is 4.79 Å². The van der Waals surface area contributed by atoms with Gasteiger partial charge in [-0.15, -0.1) is 0 Å². The summed E-state index contributed by atoms with van der Waals surface area (Å²) in [6.45, 7) is 3.59. The van der Waals surface area contributed by atoms with Gasteiger partial charge in [-0.25, -0.2) is 4.68 Å². The summed E-state index contributed by atoms with van der Waals surface area (Å²) in [4.78, 5) is 14.2. The summed E-state index contributed by atoms with van der Waals surface area (Å²) in [5.74, 6) is 1.58. The maximum atomic E-state index is 12.3. The van der Waals surface area contributed by atoms with Crippen LogP contribution in [0, 0.1) is 6.92 Å². The van der Waals surface area contributed by atoms with E-state index >= 15 is 0 Å². The Morgan fingerprint density at radius 3 is 2.58 bits per heavy atom. The van der Waals surface area contributed by atoms with Crippen molar-refractivity contribution in [3.8, 4) is 17.1 Å². The van der Waals surface area contributed by atoms with E-state index in [1.165, 1.54) is 0 Å². The minimum Gasteiger partial charge on any atom is -0.460 e. The second kappa shape index (κ2) is 7.04. The first kappa shape index (κ1) is 16.4. The molecule has 0 bridgehead atoms. The number of hydrogen-bond donors (Lipinski definition) is 0. The predicted molar refractivity (Wildman–Crippen MR) is 101 cm³/mol. The van der Waals surface area contributed by atoms with Gasteiger partial charge in [-0.2, -0.15) is 5.10 Å². The van der Waals surface area contributed by atoms with E-state index in [9.17, 15) is 4.79 Å². The number of aryl methyl sites for hydroxylation is 1. The zero-order valence-corrected chi connectivity index (χ0v) is 14.8. The molecular weight excluding hydrogens is 326 g/mol. The van der Waals surface area contributed by atoms with Crippen molar-refractivity contribution in [3.63, 3.8) is 0 Å². The lowest BCUT2D eigenvalue weighted by Gasteiger charge is -2.11. The Balaban J connectivity index is 1.69. The number of para-hydroxylation sites is 1. The molecular formula is C21H21N3O2. The first-order chi connectivity index (χ1) is 12.7. The van der Waals surface area contributed by atoms with E-state index in [1.807, 2.05) is 71.2 Å². The first-order valence-electron chi connectivity index (χ1n) is 8.89. The lowest BCUT2D eigenvalue weighted by molar-refractivity contribution is -0.124. The number of amides is 1. The average molecular weight is 347 g/mol. The molecule has 3 heterocycles. The minimum atomic E-state index is 0.0523. The second-order valence-electron chi connectivity index (χ2n) is 6.49. The third-order valence-corrected chi connectivity index (χ3v) is 4.56. The molecule has 132 valence electrons. The third-order valence-electron chi connectivity index (χ3n) is 4.56. The molecule has 1 aliphatic heterocycles. The Bertz CT molecular complexity index is 931. The van der Waals surface area contributed by atoms with Crippen LogP contribution in [0.1, 0.15) is 24.2 Å². The number of nitrogens with zero attached hydrogens (tertiary/aromatic N) is 3. The van der Waals surface area contributed by atoms with E-state index in [1.54, 1.807) is 6.08 Å². The molecule has 2 aromatic heterocycles. The molecule has 3 aromatic rings. The molecule has 0 aliphatic carbocycles. The second-order valence-corrected chi connectivity index (χ2v) is 6.49. The van der Waals surface area contributed by atoms with E-state index in [4.69, 9.17) is 4.42 Å². The molecule has 0 unspecified atom stereocenters. The highest BCUT2D eigenvalue weighted by atomic mass is 16.3. The van der Waals surface area contributed by atoms with Gasteiger partial charge in [0.1, 0.15) is 11.5 Å². The van der Waals surface area contributed by atoms with Crippen molar-refractivity contribution < 1.29 is 9.21 Å². The third kappa shape index (κ3) is 3.33. The van der Waals surface area contributed by atoms with E-state index in [2.05, 4.69) is 5.10 Å². The number of carbonyl (C=O) groups excluding carboxylic acids is 1. The predicted octanol–water partition coefficient (Wildman–Crippen LogP) is 4.08. The smallest absolute Gasteiger partial charge is 0.246 e. The van der Waals surface area contributed by atoms with Crippen molar-refractivity contribution >= 4 is 12.0 Å². The Hall–Kier alpha value is -3.08. The quantitative estimate of drug-likeness (QED) is 0.668. The van der Waals surface area contributed by atoms with Crippen LogP contribution < -0.4 is 0 Å². The summed E-state index contributed by atoms with van der Waals surface area (Å²) < 4.78 is 7.57. The van der Waals surface area contributed by atoms with Crippen LogP contribution in [0.5, 0.6) is 0 Å². The highest BCUT2D eigenvalue weighted by Gasteiger charge is 2.17. The van der Waals surface area contributed by atoms with Crippen LogP contribution in [0.3, 0.4) is 0 Å². The SMILES string of the molecule is Cc1ccc(-c2nn(-c3ccccc3)cc2/C=C/C(=O)N2CCCC2)o1. The standard InChI is InChI=1S/C21H21N3O2/c1-16-9-11-19(26-16)21-17(10-12-20(25)23-13-5-6-14-23)15-24(22-21)18-7-3-2-4-8-18/h2-4,7-12,15H,5-6,13-14H2,1H3/b12-10+. The number of furan rings is 1. The van der Waals surface area contributed by atoms with Crippen molar-refractivity contribution in [1.29, 1.82) is 0 Å². The van der Waals surface area contributed by atoms with Crippen LogP contribution >= 0.6 is 0 Å². The summed E-state index contributed by atoms with van der Waals surface area (Å²) in [7, 11) is 0. The maximum absolute atomic E-state index is 12.3. The fourth-order valence-electron chi connectivity index (χ4n) is 3.18. The number of rotatable bonds is 4. The lowest BCUT2D eigenvalue weighted by atomic mass is 10.2. The number of likely N-dealkylation sites (tertiary alicyclic amines) is 1. The molecule has 0 spiro atoms. The van der Waals surface area contributed by atoms with Gasteiger partial charge in [-0.1, -0.05) is 18.2 Å². The molecule has 5 nitrogen and oxygen atoms in total. The molecule has 1 saturated heterocycles. The molecule has 0 N–H and O–H groups in total. The van der Waals surface area contributed by atoms with Crippen LogP contribution in [0.4, 0.5) is 0 Å². The average Bonchev–Trinajstić information content (AvgIpc) is 3.41. The van der Waals surface area contributed by atoms with Gasteiger partial charge in [0.25, 0.3) is 0 Å². The van der Waals surface area contributed by atoms with E-state index in [-0.39, 0.29) is 5.91 Å². The normalized spacial score (nSPS) is 14.4. The van der Waals surface area contributed by atoms with Crippen molar-refractivity contribution in [2.45, 2.75) is 19.8 Å². The first-order valence-corrected chi connectivity index (χ1v) is 8.89. The zero-order chi connectivity index (χ0) is 17.9. The van der Waals surface area contributed by atoms with Crippen molar-refractivity contribution in [3.05, 3.63) is 66.1 Å². The fourth-order valence-corrected chi connectivity index (χ4v) is 3.18. The molecule has 0 atom stereocenters. The summed E-state index contributed by atoms with van der Waals surface area (Å²) in [5, 5.41) is 4.69. The molecule has 0 radical (unpaired) electrons.